The second kappa shape index (κ2) is 3.31. The third-order valence-electron chi connectivity index (χ3n) is 2.10. The fourth-order valence-corrected chi connectivity index (χ4v) is 2.32. The van der Waals surface area contributed by atoms with Crippen molar-refractivity contribution in [3.63, 3.8) is 0 Å². The van der Waals surface area contributed by atoms with Crippen LogP contribution in [0, 0.1) is 0 Å². The van der Waals surface area contributed by atoms with Gasteiger partial charge in [-0.25, -0.2) is 0 Å². The molecule has 0 aliphatic heterocycles. The van der Waals surface area contributed by atoms with E-state index >= 15 is 0 Å². The van der Waals surface area contributed by atoms with Crippen LogP contribution in [0.4, 0.5) is 0 Å². The molecule has 1 rings (SSSR count). The molecular weight excluding hydrogens is 231 g/mol. The van der Waals surface area contributed by atoms with Crippen molar-refractivity contribution < 1.29 is 9.90 Å². The van der Waals surface area contributed by atoms with Crippen LogP contribution in [0.25, 0.3) is 0 Å². The topological polar surface area (TPSA) is 37.3 Å². The highest BCUT2D eigenvalue weighted by atomic mass is 79.9. The third-order valence-corrected chi connectivity index (χ3v) is 4.22. The first-order valence-corrected chi connectivity index (χ1v) is 4.93. The number of carboxylic acids is 1. The summed E-state index contributed by atoms with van der Waals surface area (Å²) < 4.78 is 0. The van der Waals surface area contributed by atoms with E-state index in [-0.39, 0.29) is 4.83 Å². The van der Waals surface area contributed by atoms with E-state index in [2.05, 4.69) is 15.9 Å². The first kappa shape index (κ1) is 9.33. The normalized spacial score (nSPS) is 38.5. The molecule has 2 nitrogen and oxygen atoms in total. The van der Waals surface area contributed by atoms with E-state index in [1.807, 2.05) is 0 Å². The zero-order valence-corrected chi connectivity index (χ0v) is 8.36. The first-order valence-electron chi connectivity index (χ1n) is 3.64. The second-order valence-electron chi connectivity index (χ2n) is 2.88. The molecule has 4 heteroatoms. The maximum absolute atomic E-state index is 10.7. The Labute approximate surface area is 79.0 Å². The zero-order chi connectivity index (χ0) is 8.48. The lowest BCUT2D eigenvalue weighted by Gasteiger charge is -2.31. The van der Waals surface area contributed by atoms with Gasteiger partial charge in [0.15, 0.2) is 4.87 Å². The number of rotatable bonds is 1. The van der Waals surface area contributed by atoms with E-state index < -0.39 is 10.8 Å². The minimum absolute atomic E-state index is 0.0806. The summed E-state index contributed by atoms with van der Waals surface area (Å²) in [6, 6.07) is 0. The molecule has 0 spiro atoms. The summed E-state index contributed by atoms with van der Waals surface area (Å²) in [4.78, 5) is 9.59. The molecule has 0 amide bonds. The van der Waals surface area contributed by atoms with Crippen molar-refractivity contribution in [2.75, 3.05) is 0 Å². The molecule has 0 saturated heterocycles. The van der Waals surface area contributed by atoms with Crippen LogP contribution in [-0.4, -0.2) is 20.8 Å². The van der Waals surface area contributed by atoms with E-state index in [4.69, 9.17) is 16.7 Å². The summed E-state index contributed by atoms with van der Waals surface area (Å²) >= 11 is 9.21. The van der Waals surface area contributed by atoms with Crippen LogP contribution >= 0.6 is 27.5 Å². The molecular formula is C7H10BrClO2. The lowest BCUT2D eigenvalue weighted by atomic mass is 9.88. The van der Waals surface area contributed by atoms with Gasteiger partial charge in [-0.05, 0) is 12.8 Å². The highest BCUT2D eigenvalue weighted by Crippen LogP contribution is 2.38. The number of hydrogen-bond donors (Lipinski definition) is 1. The summed E-state index contributed by atoms with van der Waals surface area (Å²) in [6.07, 6.45) is 3.41. The van der Waals surface area contributed by atoms with Gasteiger partial charge in [-0.2, -0.15) is 0 Å². The number of hydrogen-bond acceptors (Lipinski definition) is 1. The van der Waals surface area contributed by atoms with Gasteiger partial charge in [-0.15, -0.1) is 11.6 Å². The minimum Gasteiger partial charge on any atom is -0.480 e. The lowest BCUT2D eigenvalue weighted by molar-refractivity contribution is -0.140. The third kappa shape index (κ3) is 1.70. The van der Waals surface area contributed by atoms with Gasteiger partial charge in [-0.3, -0.25) is 4.79 Å². The predicted octanol–water partition coefficient (Wildman–Crippen LogP) is 2.39. The maximum atomic E-state index is 10.7. The average molecular weight is 242 g/mol. The number of halogens is 2. The molecule has 11 heavy (non-hydrogen) atoms. The van der Waals surface area contributed by atoms with Crippen molar-refractivity contribution in [1.29, 1.82) is 0 Å². The van der Waals surface area contributed by atoms with Gasteiger partial charge in [0, 0.05) is 4.83 Å². The van der Waals surface area contributed by atoms with Gasteiger partial charge < -0.3 is 5.11 Å². The summed E-state index contributed by atoms with van der Waals surface area (Å²) in [5.74, 6) is -0.902. The molecule has 0 heterocycles. The van der Waals surface area contributed by atoms with Crippen LogP contribution in [-0.2, 0) is 4.79 Å². The molecule has 0 radical (unpaired) electrons. The van der Waals surface area contributed by atoms with Gasteiger partial charge in [0.1, 0.15) is 0 Å². The Morgan fingerprint density at radius 1 is 1.64 bits per heavy atom. The number of alkyl halides is 2. The van der Waals surface area contributed by atoms with Crippen LogP contribution < -0.4 is 0 Å². The molecule has 1 saturated carbocycles. The molecule has 0 aromatic rings. The molecule has 64 valence electrons. The molecule has 0 aromatic heterocycles. The Morgan fingerprint density at radius 3 is 2.64 bits per heavy atom. The SMILES string of the molecule is O=C(O)C1(Cl)CCCCC1Br. The van der Waals surface area contributed by atoms with Crippen molar-refractivity contribution in [2.24, 2.45) is 0 Å². The zero-order valence-electron chi connectivity index (χ0n) is 6.02. The minimum atomic E-state index is -1.06. The fraction of sp³-hybridized carbons (Fsp3) is 0.857. The molecule has 2 unspecified atom stereocenters. The van der Waals surface area contributed by atoms with Crippen LogP contribution in [0.3, 0.4) is 0 Å². The molecule has 1 aliphatic carbocycles. The summed E-state index contributed by atoms with van der Waals surface area (Å²) in [5.41, 5.74) is 0. The quantitative estimate of drug-likeness (QED) is 0.716. The summed E-state index contributed by atoms with van der Waals surface area (Å²) in [5, 5.41) is 8.81. The van der Waals surface area contributed by atoms with E-state index in [1.165, 1.54) is 0 Å². The van der Waals surface area contributed by atoms with E-state index in [0.29, 0.717) is 6.42 Å². The average Bonchev–Trinajstić information content (AvgIpc) is 1.95. The molecule has 1 aliphatic rings. The van der Waals surface area contributed by atoms with E-state index in [9.17, 15) is 4.79 Å². The first-order chi connectivity index (χ1) is 5.07. The molecule has 2 atom stereocenters. The van der Waals surface area contributed by atoms with Gasteiger partial charge in [-0.1, -0.05) is 28.8 Å². The number of aliphatic carboxylic acids is 1. The predicted molar refractivity (Wildman–Crippen MR) is 47.4 cm³/mol. The Balaban J connectivity index is 2.72. The number of carboxylic acid groups (broad SMARTS) is 1. The van der Waals surface area contributed by atoms with E-state index in [1.54, 1.807) is 0 Å². The molecule has 1 fully saturated rings. The van der Waals surface area contributed by atoms with Crippen LogP contribution in [0.15, 0.2) is 0 Å². The van der Waals surface area contributed by atoms with Gasteiger partial charge >= 0.3 is 5.97 Å². The maximum Gasteiger partial charge on any atom is 0.325 e. The second-order valence-corrected chi connectivity index (χ2v) is 4.66. The summed E-state index contributed by atoms with van der Waals surface area (Å²) in [7, 11) is 0. The standard InChI is InChI=1S/C7H10BrClO2/c8-5-3-1-2-4-7(5,9)6(10)11/h5H,1-4H2,(H,10,11). The monoisotopic (exact) mass is 240 g/mol. The van der Waals surface area contributed by atoms with Crippen molar-refractivity contribution in [3.8, 4) is 0 Å². The highest BCUT2D eigenvalue weighted by Gasteiger charge is 2.44. The number of carbonyl (C=O) groups is 1. The smallest absolute Gasteiger partial charge is 0.325 e. The highest BCUT2D eigenvalue weighted by molar-refractivity contribution is 9.09. The fourth-order valence-electron chi connectivity index (χ4n) is 1.33. The van der Waals surface area contributed by atoms with E-state index in [0.717, 1.165) is 19.3 Å². The van der Waals surface area contributed by atoms with Crippen molar-refractivity contribution in [1.82, 2.24) is 0 Å². The van der Waals surface area contributed by atoms with Gasteiger partial charge in [0.05, 0.1) is 0 Å². The largest absolute Gasteiger partial charge is 0.480 e. The Morgan fingerprint density at radius 2 is 2.27 bits per heavy atom. The van der Waals surface area contributed by atoms with Gasteiger partial charge in [0.25, 0.3) is 0 Å². The Hall–Kier alpha value is 0.240. The lowest BCUT2D eigenvalue weighted by Crippen LogP contribution is -2.43. The van der Waals surface area contributed by atoms with Crippen LogP contribution in [0.5, 0.6) is 0 Å². The van der Waals surface area contributed by atoms with Crippen LogP contribution in [0.2, 0.25) is 0 Å². The Bertz CT molecular complexity index is 174. The van der Waals surface area contributed by atoms with Crippen molar-refractivity contribution >= 4 is 33.5 Å². The molecule has 0 bridgehead atoms. The molecule has 0 aromatic carbocycles. The molecule has 1 N–H and O–H groups in total. The Kier molecular flexibility index (Phi) is 2.81. The van der Waals surface area contributed by atoms with Crippen molar-refractivity contribution in [2.45, 2.75) is 35.4 Å². The summed E-state index contributed by atoms with van der Waals surface area (Å²) in [6.45, 7) is 0. The van der Waals surface area contributed by atoms with Gasteiger partial charge in [0.2, 0.25) is 0 Å². The van der Waals surface area contributed by atoms with Crippen LogP contribution in [0.1, 0.15) is 25.7 Å². The van der Waals surface area contributed by atoms with Crippen molar-refractivity contribution in [3.05, 3.63) is 0 Å².